The van der Waals surface area contributed by atoms with Gasteiger partial charge in [0, 0.05) is 37.8 Å². The summed E-state index contributed by atoms with van der Waals surface area (Å²) in [6.07, 6.45) is 1.90. The maximum atomic E-state index is 12.4. The van der Waals surface area contributed by atoms with Gasteiger partial charge in [0.05, 0.1) is 19.3 Å². The van der Waals surface area contributed by atoms with Crippen LogP contribution in [0.3, 0.4) is 0 Å². The summed E-state index contributed by atoms with van der Waals surface area (Å²) in [5, 5.41) is 3.64. The second kappa shape index (κ2) is 8.36. The van der Waals surface area contributed by atoms with E-state index in [1.54, 1.807) is 25.3 Å². The molecule has 1 fully saturated rings. The van der Waals surface area contributed by atoms with Crippen LogP contribution in [0.15, 0.2) is 18.2 Å². The second-order valence-corrected chi connectivity index (χ2v) is 5.86. The molecule has 0 radical (unpaired) electrons. The lowest BCUT2D eigenvalue weighted by molar-refractivity contribution is 0.0890. The van der Waals surface area contributed by atoms with Crippen LogP contribution in [-0.4, -0.2) is 57.3 Å². The Morgan fingerprint density at radius 1 is 1.36 bits per heavy atom. The summed E-state index contributed by atoms with van der Waals surface area (Å²) in [6.45, 7) is 3.65. The number of hydrogen-bond acceptors (Lipinski definition) is 4. The molecule has 6 heteroatoms. The van der Waals surface area contributed by atoms with Crippen LogP contribution in [0.2, 0.25) is 5.02 Å². The Morgan fingerprint density at radius 3 is 2.73 bits per heavy atom. The molecular weight excluding hydrogens is 304 g/mol. The fourth-order valence-electron chi connectivity index (χ4n) is 2.64. The Morgan fingerprint density at radius 2 is 2.09 bits per heavy atom. The summed E-state index contributed by atoms with van der Waals surface area (Å²) < 4.78 is 10.3. The fourth-order valence-corrected chi connectivity index (χ4v) is 2.80. The normalized spacial score (nSPS) is 16.5. The highest BCUT2D eigenvalue weighted by atomic mass is 35.5. The van der Waals surface area contributed by atoms with Gasteiger partial charge in [0.15, 0.2) is 0 Å². The minimum atomic E-state index is -0.108. The van der Waals surface area contributed by atoms with E-state index >= 15 is 0 Å². The largest absolute Gasteiger partial charge is 0.496 e. The van der Waals surface area contributed by atoms with Gasteiger partial charge in [0.1, 0.15) is 5.75 Å². The van der Waals surface area contributed by atoms with E-state index in [0.29, 0.717) is 16.3 Å². The Labute approximate surface area is 136 Å². The van der Waals surface area contributed by atoms with E-state index in [-0.39, 0.29) is 11.9 Å². The second-order valence-electron chi connectivity index (χ2n) is 5.43. The Kier molecular flexibility index (Phi) is 6.49. The SMILES string of the molecule is COCCN1CCC(NC(=O)c2ccc(Cl)cc2OC)CC1. The van der Waals surface area contributed by atoms with Crippen LogP contribution in [0, 0.1) is 0 Å². The molecule has 1 aliphatic heterocycles. The molecule has 0 unspecified atom stereocenters. The third-order valence-electron chi connectivity index (χ3n) is 3.94. The molecule has 0 saturated carbocycles. The van der Waals surface area contributed by atoms with Crippen LogP contribution in [0.1, 0.15) is 23.2 Å². The number of carbonyl (C=O) groups excluding carboxylic acids is 1. The first kappa shape index (κ1) is 17.1. The molecule has 122 valence electrons. The van der Waals surface area contributed by atoms with E-state index in [9.17, 15) is 4.79 Å². The summed E-state index contributed by atoms with van der Waals surface area (Å²) in [7, 11) is 3.25. The van der Waals surface area contributed by atoms with Crippen LogP contribution in [0.5, 0.6) is 5.75 Å². The number of halogens is 1. The molecule has 1 heterocycles. The molecule has 1 aromatic carbocycles. The van der Waals surface area contributed by atoms with Crippen molar-refractivity contribution < 1.29 is 14.3 Å². The number of nitrogens with one attached hydrogen (secondary N) is 1. The molecule has 2 rings (SSSR count). The Balaban J connectivity index is 1.88. The lowest BCUT2D eigenvalue weighted by Crippen LogP contribution is -2.45. The van der Waals surface area contributed by atoms with E-state index in [4.69, 9.17) is 21.1 Å². The van der Waals surface area contributed by atoms with Crippen LogP contribution >= 0.6 is 11.6 Å². The number of hydrogen-bond donors (Lipinski definition) is 1. The molecular formula is C16H23ClN2O3. The van der Waals surface area contributed by atoms with Crippen molar-refractivity contribution >= 4 is 17.5 Å². The highest BCUT2D eigenvalue weighted by Gasteiger charge is 2.22. The summed E-state index contributed by atoms with van der Waals surface area (Å²) in [6, 6.07) is 5.26. The van der Waals surface area contributed by atoms with Gasteiger partial charge in [-0.3, -0.25) is 4.79 Å². The minimum absolute atomic E-state index is 0.108. The first-order chi connectivity index (χ1) is 10.6. The summed E-state index contributed by atoms with van der Waals surface area (Å²) in [5.41, 5.74) is 0.522. The van der Waals surface area contributed by atoms with Gasteiger partial charge in [-0.15, -0.1) is 0 Å². The maximum Gasteiger partial charge on any atom is 0.255 e. The number of methoxy groups -OCH3 is 2. The standard InChI is InChI=1S/C16H23ClN2O3/c1-21-10-9-19-7-5-13(6-8-19)18-16(20)14-4-3-12(17)11-15(14)22-2/h3-4,11,13H,5-10H2,1-2H3,(H,18,20). The van der Waals surface area contributed by atoms with Gasteiger partial charge < -0.3 is 19.7 Å². The van der Waals surface area contributed by atoms with Crippen molar-refractivity contribution in [1.29, 1.82) is 0 Å². The topological polar surface area (TPSA) is 50.8 Å². The first-order valence-corrected chi connectivity index (χ1v) is 7.87. The number of amides is 1. The molecule has 0 bridgehead atoms. The molecule has 1 saturated heterocycles. The summed E-state index contributed by atoms with van der Waals surface area (Å²) >= 11 is 5.92. The van der Waals surface area contributed by atoms with Crippen molar-refractivity contribution in [1.82, 2.24) is 10.2 Å². The van der Waals surface area contributed by atoms with E-state index in [1.807, 2.05) is 0 Å². The first-order valence-electron chi connectivity index (χ1n) is 7.49. The smallest absolute Gasteiger partial charge is 0.255 e. The number of likely N-dealkylation sites (tertiary alicyclic amines) is 1. The van der Waals surface area contributed by atoms with E-state index in [1.165, 1.54) is 7.11 Å². The van der Waals surface area contributed by atoms with Crippen LogP contribution < -0.4 is 10.1 Å². The number of rotatable bonds is 6. The predicted molar refractivity (Wildman–Crippen MR) is 86.8 cm³/mol. The van der Waals surface area contributed by atoms with Gasteiger partial charge in [0.25, 0.3) is 5.91 Å². The molecule has 0 aromatic heterocycles. The number of benzene rings is 1. The monoisotopic (exact) mass is 326 g/mol. The zero-order chi connectivity index (χ0) is 15.9. The van der Waals surface area contributed by atoms with Gasteiger partial charge in [-0.05, 0) is 31.0 Å². The highest BCUT2D eigenvalue weighted by Crippen LogP contribution is 2.23. The van der Waals surface area contributed by atoms with Gasteiger partial charge in [-0.2, -0.15) is 0 Å². The van der Waals surface area contributed by atoms with Gasteiger partial charge in [0.2, 0.25) is 0 Å². The number of piperidine rings is 1. The van der Waals surface area contributed by atoms with Crippen molar-refractivity contribution in [3.05, 3.63) is 28.8 Å². The van der Waals surface area contributed by atoms with Crippen molar-refractivity contribution in [3.8, 4) is 5.75 Å². The van der Waals surface area contributed by atoms with Crippen molar-refractivity contribution in [3.63, 3.8) is 0 Å². The van der Waals surface area contributed by atoms with E-state index in [0.717, 1.165) is 39.1 Å². The Bertz CT molecular complexity index is 502. The molecule has 1 aromatic rings. The molecule has 1 aliphatic rings. The van der Waals surface area contributed by atoms with E-state index in [2.05, 4.69) is 10.2 Å². The van der Waals surface area contributed by atoms with Gasteiger partial charge in [-0.25, -0.2) is 0 Å². The molecule has 1 amide bonds. The third-order valence-corrected chi connectivity index (χ3v) is 4.18. The maximum absolute atomic E-state index is 12.4. The lowest BCUT2D eigenvalue weighted by Gasteiger charge is -2.32. The van der Waals surface area contributed by atoms with Crippen molar-refractivity contribution in [2.24, 2.45) is 0 Å². The molecule has 0 spiro atoms. The highest BCUT2D eigenvalue weighted by molar-refractivity contribution is 6.30. The van der Waals surface area contributed by atoms with Crippen LogP contribution in [0.25, 0.3) is 0 Å². The fraction of sp³-hybridized carbons (Fsp3) is 0.562. The molecule has 1 N–H and O–H groups in total. The summed E-state index contributed by atoms with van der Waals surface area (Å²) in [5.74, 6) is 0.395. The zero-order valence-electron chi connectivity index (χ0n) is 13.1. The minimum Gasteiger partial charge on any atom is -0.496 e. The third kappa shape index (κ3) is 4.60. The predicted octanol–water partition coefficient (Wildman–Crippen LogP) is 2.19. The van der Waals surface area contributed by atoms with Crippen LogP contribution in [-0.2, 0) is 4.74 Å². The molecule has 0 atom stereocenters. The number of carbonyl (C=O) groups is 1. The number of ether oxygens (including phenoxy) is 2. The quantitative estimate of drug-likeness (QED) is 0.870. The summed E-state index contributed by atoms with van der Waals surface area (Å²) in [4.78, 5) is 14.7. The van der Waals surface area contributed by atoms with Gasteiger partial charge in [-0.1, -0.05) is 11.6 Å². The molecule has 0 aliphatic carbocycles. The average Bonchev–Trinajstić information content (AvgIpc) is 2.54. The number of nitrogens with zero attached hydrogens (tertiary/aromatic N) is 1. The van der Waals surface area contributed by atoms with Gasteiger partial charge >= 0.3 is 0 Å². The van der Waals surface area contributed by atoms with Crippen LogP contribution in [0.4, 0.5) is 0 Å². The lowest BCUT2D eigenvalue weighted by atomic mass is 10.0. The molecule has 5 nitrogen and oxygen atoms in total. The zero-order valence-corrected chi connectivity index (χ0v) is 13.9. The van der Waals surface area contributed by atoms with Crippen molar-refractivity contribution in [2.75, 3.05) is 40.5 Å². The molecule has 22 heavy (non-hydrogen) atoms. The van der Waals surface area contributed by atoms with Crippen molar-refractivity contribution in [2.45, 2.75) is 18.9 Å². The van der Waals surface area contributed by atoms with E-state index < -0.39 is 0 Å². The average molecular weight is 327 g/mol. The Hall–Kier alpha value is -1.30.